The lowest BCUT2D eigenvalue weighted by Gasteiger charge is -2.26. The highest BCUT2D eigenvalue weighted by Gasteiger charge is 2.22. The van der Waals surface area contributed by atoms with Crippen LogP contribution in [0.3, 0.4) is 0 Å². The zero-order valence-corrected chi connectivity index (χ0v) is 15.8. The Kier molecular flexibility index (Phi) is 6.58. The van der Waals surface area contributed by atoms with Crippen molar-refractivity contribution in [2.24, 2.45) is 5.92 Å². The summed E-state index contributed by atoms with van der Waals surface area (Å²) < 4.78 is 24.3. The Balaban J connectivity index is 1.61. The molecular formula is C18H24N2O3S2. The molecule has 0 bridgehead atoms. The first-order valence-electron chi connectivity index (χ1n) is 8.73. The van der Waals surface area contributed by atoms with Crippen LogP contribution in [0, 0.1) is 5.92 Å². The van der Waals surface area contributed by atoms with E-state index in [0.717, 1.165) is 17.8 Å². The van der Waals surface area contributed by atoms with Gasteiger partial charge in [-0.1, -0.05) is 67.3 Å². The Bertz CT molecular complexity index is 727. The Morgan fingerprint density at radius 2 is 1.96 bits per heavy atom. The van der Waals surface area contributed by atoms with Crippen LogP contribution in [0.25, 0.3) is 0 Å². The minimum Gasteiger partial charge on any atom is -0.286 e. The maximum absolute atomic E-state index is 12.1. The van der Waals surface area contributed by atoms with Gasteiger partial charge >= 0.3 is 0 Å². The molecule has 1 aliphatic rings. The summed E-state index contributed by atoms with van der Waals surface area (Å²) in [5.74, 6) is 0.876. The quantitative estimate of drug-likeness (QED) is 0.700. The van der Waals surface area contributed by atoms with E-state index in [1.54, 1.807) is 5.38 Å². The summed E-state index contributed by atoms with van der Waals surface area (Å²) in [6, 6.07) is 10.2. The van der Waals surface area contributed by atoms with Crippen LogP contribution in [0.2, 0.25) is 0 Å². The Hall–Kier alpha value is -1.28. The molecule has 0 saturated heterocycles. The van der Waals surface area contributed by atoms with Crippen molar-refractivity contribution >= 4 is 21.4 Å². The maximum atomic E-state index is 12.1. The molecule has 1 heterocycles. The number of hydrogen-bond donors (Lipinski definition) is 1. The standard InChI is InChI=1S/C18H24N2O3S2/c21-25(22,18-19-11-12-24-18)20-23-14-17(16-9-5-2-6-10-16)13-15-7-3-1-4-8-15/h2,5-6,9-12,15,17,20H,1,3-4,7-8,13-14H2. The number of nitrogens with zero attached hydrogens (tertiary/aromatic N) is 1. The average Bonchev–Trinajstić information content (AvgIpc) is 3.18. The van der Waals surface area contributed by atoms with E-state index in [1.807, 2.05) is 18.2 Å². The summed E-state index contributed by atoms with van der Waals surface area (Å²) in [6.45, 7) is 0.325. The molecule has 0 aliphatic heterocycles. The number of benzene rings is 1. The lowest BCUT2D eigenvalue weighted by Crippen LogP contribution is -2.27. The summed E-state index contributed by atoms with van der Waals surface area (Å²) in [5, 5.41) is 1.63. The van der Waals surface area contributed by atoms with Crippen LogP contribution < -0.4 is 4.89 Å². The molecule has 1 unspecified atom stereocenters. The van der Waals surface area contributed by atoms with Crippen molar-refractivity contribution in [3.05, 3.63) is 47.5 Å². The molecular weight excluding hydrogens is 356 g/mol. The third kappa shape index (κ3) is 5.34. The molecule has 1 aromatic heterocycles. The number of hydrogen-bond acceptors (Lipinski definition) is 5. The zero-order chi connectivity index (χ0) is 17.5. The number of thiazole rings is 1. The highest BCUT2D eigenvalue weighted by atomic mass is 32.2. The largest absolute Gasteiger partial charge is 0.289 e. The van der Waals surface area contributed by atoms with Crippen molar-refractivity contribution in [1.82, 2.24) is 9.87 Å². The molecule has 0 radical (unpaired) electrons. The summed E-state index contributed by atoms with van der Waals surface area (Å²) in [5.41, 5.74) is 1.20. The van der Waals surface area contributed by atoms with Crippen LogP contribution in [0.1, 0.15) is 50.0 Å². The smallest absolute Gasteiger partial charge is 0.286 e. The van der Waals surface area contributed by atoms with Crippen molar-refractivity contribution in [3.8, 4) is 0 Å². The third-order valence-corrected chi connectivity index (χ3v) is 7.12. The summed E-state index contributed by atoms with van der Waals surface area (Å²) in [7, 11) is -3.69. The van der Waals surface area contributed by atoms with Crippen LogP contribution in [0.5, 0.6) is 0 Å². The molecule has 1 aromatic carbocycles. The zero-order valence-electron chi connectivity index (χ0n) is 14.1. The van der Waals surface area contributed by atoms with E-state index < -0.39 is 10.0 Å². The summed E-state index contributed by atoms with van der Waals surface area (Å²) >= 11 is 1.07. The van der Waals surface area contributed by atoms with E-state index in [0.29, 0.717) is 12.5 Å². The predicted molar refractivity (Wildman–Crippen MR) is 98.8 cm³/mol. The van der Waals surface area contributed by atoms with Gasteiger partial charge in [-0.3, -0.25) is 4.84 Å². The van der Waals surface area contributed by atoms with Gasteiger partial charge in [-0.2, -0.15) is 0 Å². The maximum Gasteiger partial charge on any atom is 0.289 e. The van der Waals surface area contributed by atoms with Gasteiger partial charge in [-0.05, 0) is 17.9 Å². The highest BCUT2D eigenvalue weighted by molar-refractivity contribution is 7.91. The van der Waals surface area contributed by atoms with E-state index in [-0.39, 0.29) is 10.3 Å². The fourth-order valence-corrected chi connectivity index (χ4v) is 5.07. The molecule has 2 aromatic rings. The predicted octanol–water partition coefficient (Wildman–Crippen LogP) is 4.11. The second kappa shape index (κ2) is 8.89. The van der Waals surface area contributed by atoms with Crippen LogP contribution in [0.15, 0.2) is 46.2 Å². The second-order valence-corrected chi connectivity index (χ2v) is 9.26. The molecule has 7 heteroatoms. The average molecular weight is 381 g/mol. The molecule has 1 N–H and O–H groups in total. The molecule has 0 spiro atoms. The minimum atomic E-state index is -3.69. The monoisotopic (exact) mass is 380 g/mol. The molecule has 1 saturated carbocycles. The first-order valence-corrected chi connectivity index (χ1v) is 11.1. The minimum absolute atomic E-state index is 0.0241. The highest BCUT2D eigenvalue weighted by Crippen LogP contribution is 2.33. The van der Waals surface area contributed by atoms with Gasteiger partial charge in [0, 0.05) is 17.5 Å². The van der Waals surface area contributed by atoms with Crippen molar-refractivity contribution in [3.63, 3.8) is 0 Å². The van der Waals surface area contributed by atoms with Crippen LogP contribution in [-0.4, -0.2) is 20.0 Å². The van der Waals surface area contributed by atoms with Gasteiger partial charge < -0.3 is 0 Å². The number of aromatic nitrogens is 1. The second-order valence-electron chi connectivity index (χ2n) is 6.54. The van der Waals surface area contributed by atoms with Gasteiger partial charge in [-0.25, -0.2) is 13.4 Å². The third-order valence-electron chi connectivity index (χ3n) is 4.71. The van der Waals surface area contributed by atoms with Crippen molar-refractivity contribution < 1.29 is 13.3 Å². The van der Waals surface area contributed by atoms with E-state index in [9.17, 15) is 8.42 Å². The van der Waals surface area contributed by atoms with Gasteiger partial charge in [0.1, 0.15) is 0 Å². The fourth-order valence-electron chi connectivity index (χ4n) is 3.44. The lowest BCUT2D eigenvalue weighted by molar-refractivity contribution is 0.0734. The number of rotatable bonds is 8. The van der Waals surface area contributed by atoms with E-state index in [1.165, 1.54) is 43.9 Å². The van der Waals surface area contributed by atoms with Gasteiger partial charge in [0.05, 0.1) is 6.61 Å². The molecule has 1 aliphatic carbocycles. The van der Waals surface area contributed by atoms with Crippen LogP contribution >= 0.6 is 11.3 Å². The van der Waals surface area contributed by atoms with E-state index in [4.69, 9.17) is 4.84 Å². The van der Waals surface area contributed by atoms with Gasteiger partial charge in [0.25, 0.3) is 10.0 Å². The first-order chi connectivity index (χ1) is 12.1. The SMILES string of the molecule is O=S(=O)(NOCC(CC1CCCCC1)c1ccccc1)c1nccs1. The number of nitrogens with one attached hydrogen (secondary N) is 1. The van der Waals surface area contributed by atoms with Gasteiger partial charge in [0.15, 0.2) is 0 Å². The summed E-state index contributed by atoms with van der Waals surface area (Å²) in [4.78, 5) is 11.5. The molecule has 3 rings (SSSR count). The molecule has 136 valence electrons. The molecule has 5 nitrogen and oxygen atoms in total. The lowest BCUT2D eigenvalue weighted by atomic mass is 9.81. The van der Waals surface area contributed by atoms with Crippen molar-refractivity contribution in [2.45, 2.75) is 48.8 Å². The molecule has 25 heavy (non-hydrogen) atoms. The van der Waals surface area contributed by atoms with Crippen LogP contribution in [-0.2, 0) is 14.9 Å². The van der Waals surface area contributed by atoms with Crippen molar-refractivity contribution in [1.29, 1.82) is 0 Å². The van der Waals surface area contributed by atoms with Crippen LogP contribution in [0.4, 0.5) is 0 Å². The Morgan fingerprint density at radius 1 is 1.20 bits per heavy atom. The Labute approximate surface area is 153 Å². The molecule has 1 atom stereocenters. The fraction of sp³-hybridized carbons (Fsp3) is 0.500. The van der Waals surface area contributed by atoms with E-state index >= 15 is 0 Å². The van der Waals surface area contributed by atoms with Crippen molar-refractivity contribution in [2.75, 3.05) is 6.61 Å². The normalized spacial score (nSPS) is 17.4. The number of sulfonamides is 1. The van der Waals surface area contributed by atoms with E-state index in [2.05, 4.69) is 22.0 Å². The molecule has 0 amide bonds. The summed E-state index contributed by atoms with van der Waals surface area (Å²) in [6.07, 6.45) is 8.93. The Morgan fingerprint density at radius 3 is 2.64 bits per heavy atom. The molecule has 1 fully saturated rings. The first kappa shape index (κ1) is 18.5. The van der Waals surface area contributed by atoms with Gasteiger partial charge in [-0.15, -0.1) is 11.3 Å². The topological polar surface area (TPSA) is 68.3 Å². The van der Waals surface area contributed by atoms with Gasteiger partial charge in [0.2, 0.25) is 4.34 Å².